The highest BCUT2D eigenvalue weighted by Crippen LogP contribution is 2.41. The molecule has 7 heteroatoms. The number of carbonyl (C=O) groups is 1. The van der Waals surface area contributed by atoms with Crippen LogP contribution < -0.4 is 0 Å². The molecule has 0 aromatic heterocycles. The lowest BCUT2D eigenvalue weighted by Crippen LogP contribution is -2.12. The zero-order chi connectivity index (χ0) is 14.6. The first-order valence-corrected chi connectivity index (χ1v) is 6.08. The molecule has 0 saturated carbocycles. The van der Waals surface area contributed by atoms with Crippen LogP contribution in [0.4, 0.5) is 13.2 Å². The summed E-state index contributed by atoms with van der Waals surface area (Å²) in [6.07, 6.45) is 0. The van der Waals surface area contributed by atoms with Crippen LogP contribution in [0.3, 0.4) is 0 Å². The number of halogens is 3. The molecule has 1 aromatic rings. The molecule has 3 nitrogen and oxygen atoms in total. The summed E-state index contributed by atoms with van der Waals surface area (Å²) in [6, 6.07) is 4.38. The number of hydrogen-bond acceptors (Lipinski definition) is 4. The van der Waals surface area contributed by atoms with E-state index in [1.165, 1.54) is 26.0 Å². The summed E-state index contributed by atoms with van der Waals surface area (Å²) in [5.41, 5.74) is -4.73. The lowest BCUT2D eigenvalue weighted by molar-refractivity contribution is -0.0328. The predicted molar refractivity (Wildman–Crippen MR) is 63.8 cm³/mol. The number of ether oxygens (including phenoxy) is 1. The fourth-order valence-electron chi connectivity index (χ4n) is 1.43. The molecule has 0 heterocycles. The summed E-state index contributed by atoms with van der Waals surface area (Å²) in [4.78, 5) is 11.4. The number of benzene rings is 1. The second kappa shape index (κ2) is 5.97. The van der Waals surface area contributed by atoms with Crippen LogP contribution in [0.5, 0.6) is 0 Å². The van der Waals surface area contributed by atoms with Crippen molar-refractivity contribution in [2.45, 2.75) is 24.3 Å². The Kier molecular flexibility index (Phi) is 4.84. The first-order chi connectivity index (χ1) is 8.80. The van der Waals surface area contributed by atoms with Crippen molar-refractivity contribution in [3.63, 3.8) is 0 Å². The Morgan fingerprint density at radius 3 is 2.58 bits per heavy atom. The van der Waals surface area contributed by atoms with Crippen LogP contribution in [0, 0.1) is 18.3 Å². The number of nitriles is 1. The highest BCUT2D eigenvalue weighted by atomic mass is 32.2. The van der Waals surface area contributed by atoms with Crippen molar-refractivity contribution in [1.29, 1.82) is 5.26 Å². The monoisotopic (exact) mass is 289 g/mol. The van der Waals surface area contributed by atoms with E-state index in [2.05, 4.69) is 0 Å². The molecule has 0 saturated heterocycles. The maximum Gasteiger partial charge on any atom is 0.446 e. The third kappa shape index (κ3) is 3.89. The SMILES string of the molecule is CCOC(=O)c1c(C#N)ccc(C)c1SC(F)(F)F. The molecule has 1 aromatic carbocycles. The molecule has 0 aliphatic carbocycles. The van der Waals surface area contributed by atoms with Crippen LogP contribution in [0.2, 0.25) is 0 Å². The van der Waals surface area contributed by atoms with E-state index in [-0.39, 0.29) is 28.2 Å². The molecule has 0 atom stereocenters. The van der Waals surface area contributed by atoms with Gasteiger partial charge in [-0.15, -0.1) is 0 Å². The van der Waals surface area contributed by atoms with Crippen molar-refractivity contribution in [1.82, 2.24) is 0 Å². The van der Waals surface area contributed by atoms with Crippen molar-refractivity contribution in [3.05, 3.63) is 28.8 Å². The Labute approximate surface area is 112 Å². The molecule has 0 radical (unpaired) electrons. The quantitative estimate of drug-likeness (QED) is 0.629. The first kappa shape index (κ1) is 15.4. The zero-order valence-corrected chi connectivity index (χ0v) is 11.0. The summed E-state index contributed by atoms with van der Waals surface area (Å²) in [5.74, 6) is -0.922. The molecule has 0 unspecified atom stereocenters. The molecule has 0 amide bonds. The summed E-state index contributed by atoms with van der Waals surface area (Å²) in [6.45, 7) is 3.00. The van der Waals surface area contributed by atoms with Gasteiger partial charge in [0.1, 0.15) is 6.07 Å². The topological polar surface area (TPSA) is 50.1 Å². The van der Waals surface area contributed by atoms with Gasteiger partial charge < -0.3 is 4.74 Å². The van der Waals surface area contributed by atoms with Gasteiger partial charge in [-0.2, -0.15) is 18.4 Å². The smallest absolute Gasteiger partial charge is 0.446 e. The summed E-state index contributed by atoms with van der Waals surface area (Å²) < 4.78 is 42.3. The van der Waals surface area contributed by atoms with Crippen molar-refractivity contribution >= 4 is 17.7 Å². The van der Waals surface area contributed by atoms with Crippen LogP contribution in [-0.2, 0) is 4.74 Å². The molecule has 0 fully saturated rings. The van der Waals surface area contributed by atoms with Gasteiger partial charge in [0.05, 0.1) is 17.7 Å². The minimum absolute atomic E-state index is 0.0216. The lowest BCUT2D eigenvalue weighted by Gasteiger charge is -2.14. The Morgan fingerprint density at radius 1 is 1.47 bits per heavy atom. The molecular formula is C12H10F3NO2S. The van der Waals surface area contributed by atoms with Gasteiger partial charge in [0, 0.05) is 4.90 Å². The van der Waals surface area contributed by atoms with Crippen LogP contribution in [0.25, 0.3) is 0 Å². The van der Waals surface area contributed by atoms with Crippen molar-refractivity contribution in [2.24, 2.45) is 0 Å². The van der Waals surface area contributed by atoms with E-state index in [0.717, 1.165) is 0 Å². The van der Waals surface area contributed by atoms with E-state index < -0.39 is 23.2 Å². The average molecular weight is 289 g/mol. The molecule has 19 heavy (non-hydrogen) atoms. The standard InChI is InChI=1S/C12H10F3NO2S/c1-3-18-11(17)9-8(6-16)5-4-7(2)10(9)19-12(13,14)15/h4-5H,3H2,1-2H3. The summed E-state index contributed by atoms with van der Waals surface area (Å²) in [5, 5.41) is 8.90. The largest absolute Gasteiger partial charge is 0.462 e. The van der Waals surface area contributed by atoms with E-state index in [4.69, 9.17) is 10.00 Å². The van der Waals surface area contributed by atoms with Crippen molar-refractivity contribution in [3.8, 4) is 6.07 Å². The number of thioether (sulfide) groups is 1. The van der Waals surface area contributed by atoms with Crippen LogP contribution in [0.15, 0.2) is 17.0 Å². The van der Waals surface area contributed by atoms with Gasteiger partial charge in [-0.1, -0.05) is 6.07 Å². The second-order valence-electron chi connectivity index (χ2n) is 3.51. The van der Waals surface area contributed by atoms with Crippen LogP contribution in [0.1, 0.15) is 28.4 Å². The predicted octanol–water partition coefficient (Wildman–Crippen LogP) is 3.66. The van der Waals surface area contributed by atoms with Gasteiger partial charge in [0.2, 0.25) is 0 Å². The number of carbonyl (C=O) groups excluding carboxylic acids is 1. The minimum atomic E-state index is -4.54. The van der Waals surface area contributed by atoms with Gasteiger partial charge in [-0.05, 0) is 37.2 Å². The van der Waals surface area contributed by atoms with Gasteiger partial charge >= 0.3 is 11.5 Å². The van der Waals surface area contributed by atoms with Gasteiger partial charge in [0.15, 0.2) is 0 Å². The Balaban J connectivity index is 3.42. The average Bonchev–Trinajstić information content (AvgIpc) is 2.30. The molecule has 0 aliphatic rings. The fraction of sp³-hybridized carbons (Fsp3) is 0.333. The van der Waals surface area contributed by atoms with Gasteiger partial charge in [0.25, 0.3) is 0 Å². The second-order valence-corrected chi connectivity index (χ2v) is 4.59. The maximum absolute atomic E-state index is 12.5. The number of rotatable bonds is 3. The molecule has 1 rings (SSSR count). The molecule has 0 bridgehead atoms. The molecular weight excluding hydrogens is 279 g/mol. The normalized spacial score (nSPS) is 10.9. The minimum Gasteiger partial charge on any atom is -0.462 e. The highest BCUT2D eigenvalue weighted by molar-refractivity contribution is 8.00. The highest BCUT2D eigenvalue weighted by Gasteiger charge is 2.33. The number of alkyl halides is 3. The number of esters is 1. The number of aryl methyl sites for hydroxylation is 1. The van der Waals surface area contributed by atoms with Crippen molar-refractivity contribution < 1.29 is 22.7 Å². The third-order valence-corrected chi connectivity index (χ3v) is 3.13. The lowest BCUT2D eigenvalue weighted by atomic mass is 10.1. The molecule has 0 aliphatic heterocycles. The Morgan fingerprint density at radius 2 is 2.11 bits per heavy atom. The Hall–Kier alpha value is -1.68. The van der Waals surface area contributed by atoms with Crippen LogP contribution >= 0.6 is 11.8 Å². The Bertz CT molecular complexity index is 535. The summed E-state index contributed by atoms with van der Waals surface area (Å²) in [7, 11) is 0. The maximum atomic E-state index is 12.5. The van der Waals surface area contributed by atoms with Gasteiger partial charge in [-0.3, -0.25) is 0 Å². The molecule has 102 valence electrons. The van der Waals surface area contributed by atoms with E-state index in [1.807, 2.05) is 0 Å². The van der Waals surface area contributed by atoms with Crippen LogP contribution in [-0.4, -0.2) is 18.1 Å². The zero-order valence-electron chi connectivity index (χ0n) is 10.2. The fourth-order valence-corrected chi connectivity index (χ4v) is 2.19. The molecule has 0 N–H and O–H groups in total. The third-order valence-electron chi connectivity index (χ3n) is 2.17. The summed E-state index contributed by atoms with van der Waals surface area (Å²) >= 11 is -0.414. The van der Waals surface area contributed by atoms with E-state index in [1.54, 1.807) is 6.07 Å². The van der Waals surface area contributed by atoms with E-state index >= 15 is 0 Å². The van der Waals surface area contributed by atoms with E-state index in [9.17, 15) is 18.0 Å². The van der Waals surface area contributed by atoms with E-state index in [0.29, 0.717) is 0 Å². The number of nitrogens with zero attached hydrogens (tertiary/aromatic N) is 1. The van der Waals surface area contributed by atoms with Crippen molar-refractivity contribution in [2.75, 3.05) is 6.61 Å². The first-order valence-electron chi connectivity index (χ1n) is 5.26. The number of hydrogen-bond donors (Lipinski definition) is 0. The van der Waals surface area contributed by atoms with Gasteiger partial charge in [-0.25, -0.2) is 4.79 Å². The molecule has 0 spiro atoms.